The molecule has 33 heavy (non-hydrogen) atoms. The Morgan fingerprint density at radius 1 is 0.697 bits per heavy atom. The van der Waals surface area contributed by atoms with Gasteiger partial charge >= 0.3 is 0 Å². The van der Waals surface area contributed by atoms with E-state index in [1.54, 1.807) is 0 Å². The minimum Gasteiger partial charge on any atom is -0.507 e. The van der Waals surface area contributed by atoms with Gasteiger partial charge in [0, 0.05) is 5.56 Å². The van der Waals surface area contributed by atoms with Crippen LogP contribution >= 0.6 is 0 Å². The molecule has 0 fully saturated rings. The molecule has 1 nitrogen and oxygen atoms in total. The first-order valence-corrected chi connectivity index (χ1v) is 12.1. The lowest BCUT2D eigenvalue weighted by molar-refractivity contribution is 0.474. The van der Waals surface area contributed by atoms with Crippen molar-refractivity contribution in [2.75, 3.05) is 0 Å². The van der Waals surface area contributed by atoms with Crippen LogP contribution in [0, 0.1) is 0 Å². The molecule has 6 rings (SSSR count). The highest BCUT2D eigenvalue weighted by atomic mass is 16.3. The van der Waals surface area contributed by atoms with Crippen LogP contribution in [0.15, 0.2) is 65.7 Å². The summed E-state index contributed by atoms with van der Waals surface area (Å²) < 4.78 is 0. The molecule has 0 aromatic heterocycles. The Hall–Kier alpha value is -3.32. The van der Waals surface area contributed by atoms with E-state index in [1.807, 2.05) is 6.07 Å². The fourth-order valence-electron chi connectivity index (χ4n) is 5.58. The Morgan fingerprint density at radius 3 is 1.97 bits per heavy atom. The normalized spacial score (nSPS) is 13.9. The second kappa shape index (κ2) is 8.56. The van der Waals surface area contributed by atoms with Gasteiger partial charge in [-0.3, -0.25) is 0 Å². The number of hydrogen-bond acceptors (Lipinski definition) is 1. The zero-order valence-electron chi connectivity index (χ0n) is 20.1. The van der Waals surface area contributed by atoms with Crippen LogP contribution in [0.25, 0.3) is 33.7 Å². The van der Waals surface area contributed by atoms with Crippen molar-refractivity contribution >= 4 is 33.7 Å². The van der Waals surface area contributed by atoms with Gasteiger partial charge in [0.2, 0.25) is 0 Å². The van der Waals surface area contributed by atoms with Crippen LogP contribution in [0.2, 0.25) is 0 Å². The first kappa shape index (κ1) is 21.5. The predicted molar refractivity (Wildman–Crippen MR) is 143 cm³/mol. The highest BCUT2D eigenvalue weighted by Crippen LogP contribution is 2.38. The number of rotatable bonds is 2. The number of aromatic hydroxyl groups is 1. The summed E-state index contributed by atoms with van der Waals surface area (Å²) in [5.41, 5.74) is 10.7. The lowest BCUT2D eigenvalue weighted by Crippen LogP contribution is -1.99. The largest absolute Gasteiger partial charge is 0.507 e. The van der Waals surface area contributed by atoms with Crippen molar-refractivity contribution in [2.45, 2.75) is 53.4 Å². The average molecular weight is 433 g/mol. The second-order valence-corrected chi connectivity index (χ2v) is 9.50. The molecule has 0 bridgehead atoms. The SMILES string of the molecule is CCc1cc(O)c2c3c(cccc13)CC(C)=C2.CCc1ccc2c3c(cccc13)CC(C)=C2. The molecule has 1 N–H and O–H groups in total. The van der Waals surface area contributed by atoms with Crippen LogP contribution in [-0.4, -0.2) is 5.11 Å². The summed E-state index contributed by atoms with van der Waals surface area (Å²) >= 11 is 0. The van der Waals surface area contributed by atoms with Gasteiger partial charge in [0.1, 0.15) is 5.75 Å². The Labute approximate surface area is 197 Å². The Morgan fingerprint density at radius 2 is 1.30 bits per heavy atom. The number of phenols is 1. The highest BCUT2D eigenvalue weighted by molar-refractivity contribution is 6.00. The first-order valence-electron chi connectivity index (χ1n) is 12.1. The Kier molecular flexibility index (Phi) is 5.58. The third kappa shape index (κ3) is 3.76. The minimum absolute atomic E-state index is 0.417. The second-order valence-electron chi connectivity index (χ2n) is 9.50. The van der Waals surface area contributed by atoms with E-state index >= 15 is 0 Å². The van der Waals surface area contributed by atoms with Crippen molar-refractivity contribution in [3.05, 3.63) is 99.1 Å². The van der Waals surface area contributed by atoms with Crippen molar-refractivity contribution < 1.29 is 5.11 Å². The maximum absolute atomic E-state index is 10.2. The molecule has 2 aliphatic carbocycles. The molecule has 0 amide bonds. The maximum Gasteiger partial charge on any atom is 0.123 e. The Bertz CT molecular complexity index is 1450. The molecule has 2 aliphatic rings. The van der Waals surface area contributed by atoms with Gasteiger partial charge in [-0.15, -0.1) is 0 Å². The van der Waals surface area contributed by atoms with E-state index in [4.69, 9.17) is 0 Å². The molecule has 0 saturated carbocycles. The smallest absolute Gasteiger partial charge is 0.123 e. The number of phenolic OH excluding ortho intramolecular Hbond substituents is 1. The van der Waals surface area contributed by atoms with Gasteiger partial charge in [-0.05, 0) is 95.0 Å². The van der Waals surface area contributed by atoms with Gasteiger partial charge < -0.3 is 5.11 Å². The van der Waals surface area contributed by atoms with E-state index in [9.17, 15) is 5.11 Å². The number of benzene rings is 4. The summed E-state index contributed by atoms with van der Waals surface area (Å²) in [6.45, 7) is 8.70. The molecule has 166 valence electrons. The summed E-state index contributed by atoms with van der Waals surface area (Å²) in [6, 6.07) is 19.6. The number of allylic oxidation sites excluding steroid dienone is 2. The first-order chi connectivity index (χ1) is 16.0. The molecule has 0 atom stereocenters. The average Bonchev–Trinajstić information content (AvgIpc) is 2.81. The quantitative estimate of drug-likeness (QED) is 0.337. The monoisotopic (exact) mass is 432 g/mol. The van der Waals surface area contributed by atoms with Gasteiger partial charge in [0.15, 0.2) is 0 Å². The molecule has 4 aromatic rings. The molecule has 0 radical (unpaired) electrons. The van der Waals surface area contributed by atoms with Gasteiger partial charge in [-0.1, -0.05) is 85.7 Å². The lowest BCUT2D eigenvalue weighted by atomic mass is 9.86. The van der Waals surface area contributed by atoms with E-state index in [1.165, 1.54) is 60.5 Å². The van der Waals surface area contributed by atoms with Crippen molar-refractivity contribution in [1.82, 2.24) is 0 Å². The van der Waals surface area contributed by atoms with E-state index in [-0.39, 0.29) is 0 Å². The third-order valence-corrected chi connectivity index (χ3v) is 7.10. The molecule has 0 aliphatic heterocycles. The summed E-state index contributed by atoms with van der Waals surface area (Å²) in [5, 5.41) is 15.6. The summed E-state index contributed by atoms with van der Waals surface area (Å²) in [6.07, 6.45) is 8.62. The van der Waals surface area contributed by atoms with Gasteiger partial charge in [0.25, 0.3) is 0 Å². The van der Waals surface area contributed by atoms with Crippen molar-refractivity contribution in [3.8, 4) is 5.75 Å². The standard InChI is InChI=1S/C16H16O.C16H16/c1-3-11-9-15(17)14-8-10(2)7-12-5-4-6-13(11)16(12)14;1-3-12-7-8-14-10-11(2)9-13-5-4-6-15(12)16(13)14/h4-6,8-9,17H,3,7H2,1-2H3;4-8,10H,3,9H2,1-2H3. The lowest BCUT2D eigenvalue weighted by Gasteiger charge is -2.19. The predicted octanol–water partition coefficient (Wildman–Crippen LogP) is 8.43. The van der Waals surface area contributed by atoms with Crippen LogP contribution in [0.3, 0.4) is 0 Å². The topological polar surface area (TPSA) is 20.2 Å². The van der Waals surface area contributed by atoms with Gasteiger partial charge in [-0.25, -0.2) is 0 Å². The summed E-state index contributed by atoms with van der Waals surface area (Å²) in [4.78, 5) is 0. The number of aryl methyl sites for hydroxylation is 2. The molecular formula is C32H32O. The van der Waals surface area contributed by atoms with E-state index in [2.05, 4.69) is 88.4 Å². The van der Waals surface area contributed by atoms with E-state index in [0.717, 1.165) is 31.2 Å². The van der Waals surface area contributed by atoms with Crippen molar-refractivity contribution in [1.29, 1.82) is 0 Å². The van der Waals surface area contributed by atoms with Crippen molar-refractivity contribution in [3.63, 3.8) is 0 Å². The fraction of sp³-hybridized carbons (Fsp3) is 0.250. The Balaban J connectivity index is 0.000000139. The van der Waals surface area contributed by atoms with E-state index in [0.29, 0.717) is 5.75 Å². The molecule has 4 aromatic carbocycles. The van der Waals surface area contributed by atoms with Gasteiger partial charge in [0.05, 0.1) is 0 Å². The molecular weight excluding hydrogens is 400 g/mol. The molecule has 0 spiro atoms. The van der Waals surface area contributed by atoms with Crippen molar-refractivity contribution in [2.24, 2.45) is 0 Å². The summed E-state index contributed by atoms with van der Waals surface area (Å²) in [7, 11) is 0. The highest BCUT2D eigenvalue weighted by Gasteiger charge is 2.16. The van der Waals surface area contributed by atoms with Crippen LogP contribution in [-0.2, 0) is 25.7 Å². The van der Waals surface area contributed by atoms with Crippen LogP contribution < -0.4 is 0 Å². The molecule has 0 unspecified atom stereocenters. The molecule has 0 saturated heterocycles. The van der Waals surface area contributed by atoms with Gasteiger partial charge in [-0.2, -0.15) is 0 Å². The minimum atomic E-state index is 0.417. The van der Waals surface area contributed by atoms with Crippen LogP contribution in [0.4, 0.5) is 0 Å². The fourth-order valence-corrected chi connectivity index (χ4v) is 5.58. The maximum atomic E-state index is 10.2. The third-order valence-electron chi connectivity index (χ3n) is 7.10. The molecule has 1 heteroatoms. The van der Waals surface area contributed by atoms with E-state index < -0.39 is 0 Å². The molecule has 0 heterocycles. The van der Waals surface area contributed by atoms with Crippen LogP contribution in [0.1, 0.15) is 61.1 Å². The zero-order valence-corrected chi connectivity index (χ0v) is 20.1. The summed E-state index contributed by atoms with van der Waals surface area (Å²) in [5.74, 6) is 0.417. The zero-order chi connectivity index (χ0) is 23.1. The van der Waals surface area contributed by atoms with Crippen LogP contribution in [0.5, 0.6) is 5.75 Å². The number of hydrogen-bond donors (Lipinski definition) is 1.